The van der Waals surface area contributed by atoms with Gasteiger partial charge in [-0.25, -0.2) is 0 Å². The summed E-state index contributed by atoms with van der Waals surface area (Å²) in [6, 6.07) is 12.2. The number of fused-ring (bicyclic) bond motifs is 2. The van der Waals surface area contributed by atoms with Crippen LogP contribution in [0.15, 0.2) is 82.6 Å². The molecular formula is C36H43Cl3N2O2. The first kappa shape index (κ1) is 32.2. The molecule has 0 saturated heterocycles. The molecule has 3 aliphatic rings. The molecule has 0 aromatic heterocycles. The summed E-state index contributed by atoms with van der Waals surface area (Å²) in [5, 5.41) is 2.30. The zero-order valence-electron chi connectivity index (χ0n) is 26.4. The summed E-state index contributed by atoms with van der Waals surface area (Å²) in [6.45, 7) is 12.6. The number of hydrogen-bond acceptors (Lipinski definition) is 4. The molecule has 0 spiro atoms. The Kier molecular flexibility index (Phi) is 9.20. The average molecular weight is 642 g/mol. The summed E-state index contributed by atoms with van der Waals surface area (Å²) in [5.74, 6) is 0. The van der Waals surface area contributed by atoms with Gasteiger partial charge < -0.3 is 19.3 Å². The van der Waals surface area contributed by atoms with Gasteiger partial charge in [0.1, 0.15) is 0 Å². The number of rotatable bonds is 8. The van der Waals surface area contributed by atoms with Crippen molar-refractivity contribution in [3.8, 4) is 0 Å². The molecule has 0 saturated carbocycles. The van der Waals surface area contributed by atoms with Crippen LogP contribution in [0, 0.1) is 0 Å². The Morgan fingerprint density at radius 3 is 2.23 bits per heavy atom. The van der Waals surface area contributed by atoms with E-state index in [0.717, 1.165) is 56.7 Å². The van der Waals surface area contributed by atoms with Gasteiger partial charge in [0, 0.05) is 63.7 Å². The Balaban J connectivity index is 1.49. The Labute approximate surface area is 272 Å². The number of likely N-dealkylation sites (N-methyl/N-ethyl adjacent to an activating group) is 2. The highest BCUT2D eigenvalue weighted by atomic mass is 35.5. The molecular weight excluding hydrogens is 599 g/mol. The third-order valence-electron chi connectivity index (χ3n) is 9.54. The van der Waals surface area contributed by atoms with Gasteiger partial charge in [-0.15, -0.1) is 0 Å². The Hall–Kier alpha value is -2.21. The summed E-state index contributed by atoms with van der Waals surface area (Å²) in [7, 11) is 4.21. The van der Waals surface area contributed by atoms with E-state index in [1.807, 2.05) is 19.1 Å². The highest BCUT2D eigenvalue weighted by Crippen LogP contribution is 2.53. The van der Waals surface area contributed by atoms with E-state index in [1.165, 1.54) is 16.9 Å². The van der Waals surface area contributed by atoms with Crippen molar-refractivity contribution in [2.24, 2.45) is 0 Å². The lowest BCUT2D eigenvalue weighted by Gasteiger charge is -2.44. The Morgan fingerprint density at radius 2 is 1.53 bits per heavy atom. The number of allylic oxidation sites excluding steroid dienone is 7. The molecule has 2 aliphatic heterocycles. The van der Waals surface area contributed by atoms with Gasteiger partial charge >= 0.3 is 0 Å². The lowest BCUT2D eigenvalue weighted by atomic mass is 9.77. The number of ether oxygens (including phenoxy) is 2. The topological polar surface area (TPSA) is 24.9 Å². The second-order valence-electron chi connectivity index (χ2n) is 12.7. The van der Waals surface area contributed by atoms with Gasteiger partial charge in [0.05, 0.1) is 13.2 Å². The van der Waals surface area contributed by atoms with Gasteiger partial charge in [-0.2, -0.15) is 0 Å². The number of nitrogens with zero attached hydrogens (tertiary/aromatic N) is 2. The Morgan fingerprint density at radius 1 is 0.860 bits per heavy atom. The minimum absolute atomic E-state index is 0.165. The van der Waals surface area contributed by atoms with Crippen LogP contribution in [0.4, 0.5) is 11.4 Å². The van der Waals surface area contributed by atoms with Gasteiger partial charge in [-0.05, 0) is 97.0 Å². The molecule has 0 fully saturated rings. The average Bonchev–Trinajstić information content (AvgIpc) is 3.25. The molecule has 0 radical (unpaired) electrons. The van der Waals surface area contributed by atoms with Gasteiger partial charge in [0.2, 0.25) is 0 Å². The van der Waals surface area contributed by atoms with Gasteiger partial charge in [0.15, 0.2) is 5.72 Å². The van der Waals surface area contributed by atoms with E-state index in [-0.39, 0.29) is 10.8 Å². The fourth-order valence-electron chi connectivity index (χ4n) is 7.05. The monoisotopic (exact) mass is 640 g/mol. The molecule has 2 aromatic carbocycles. The van der Waals surface area contributed by atoms with E-state index in [4.69, 9.17) is 44.3 Å². The van der Waals surface area contributed by atoms with Crippen LogP contribution in [0.2, 0.25) is 10.0 Å². The predicted octanol–water partition coefficient (Wildman–Crippen LogP) is 9.94. The fourth-order valence-corrected chi connectivity index (χ4v) is 7.71. The molecule has 1 unspecified atom stereocenters. The minimum atomic E-state index is -0.742. The second-order valence-corrected chi connectivity index (χ2v) is 14.0. The molecule has 5 rings (SSSR count). The van der Waals surface area contributed by atoms with Crippen molar-refractivity contribution in [3.05, 3.63) is 104 Å². The molecule has 230 valence electrons. The van der Waals surface area contributed by atoms with Crippen molar-refractivity contribution in [2.75, 3.05) is 43.7 Å². The number of benzene rings is 2. The predicted molar refractivity (Wildman–Crippen MR) is 183 cm³/mol. The van der Waals surface area contributed by atoms with Crippen molar-refractivity contribution in [1.82, 2.24) is 0 Å². The van der Waals surface area contributed by atoms with E-state index >= 15 is 0 Å². The lowest BCUT2D eigenvalue weighted by Crippen LogP contribution is -2.55. The summed E-state index contributed by atoms with van der Waals surface area (Å²) < 4.78 is 12.4. The largest absolute Gasteiger partial charge is 0.379 e. The van der Waals surface area contributed by atoms with E-state index in [2.05, 4.69) is 100 Å². The van der Waals surface area contributed by atoms with Crippen molar-refractivity contribution in [3.63, 3.8) is 0 Å². The molecule has 43 heavy (non-hydrogen) atoms. The van der Waals surface area contributed by atoms with Crippen molar-refractivity contribution in [1.29, 1.82) is 0 Å². The SMILES string of the molecule is CCOCCOC1(/C=C/C2=C(Cl)C(=C/C=C3\N(C)c4ccc(Cl)cc4C3(C)C)/CCC2)N(C)c2ccc(Cl)cc2C1(C)C. The van der Waals surface area contributed by atoms with Crippen molar-refractivity contribution < 1.29 is 9.47 Å². The van der Waals surface area contributed by atoms with E-state index in [0.29, 0.717) is 19.8 Å². The molecule has 4 nitrogen and oxygen atoms in total. The van der Waals surface area contributed by atoms with Gasteiger partial charge in [-0.1, -0.05) is 74.6 Å². The Bertz CT molecular complexity index is 1520. The maximum atomic E-state index is 7.15. The standard InChI is InChI=1S/C36H43Cl3N2O2/c1-8-42-20-21-43-36(35(4,5)29-23-27(38)14-16-31(29)41(36)7)19-18-25-11-9-10-24(33(25)39)12-17-32-34(2,3)28-22-26(37)13-15-30(28)40(32)6/h12-19,22-23H,8-11,20-21H2,1-7H3/b19-18+,24-12+,32-17-. The summed E-state index contributed by atoms with van der Waals surface area (Å²) >= 11 is 20.0. The first-order valence-electron chi connectivity index (χ1n) is 15.1. The lowest BCUT2D eigenvalue weighted by molar-refractivity contribution is -0.0669. The maximum absolute atomic E-state index is 7.15. The second kappa shape index (κ2) is 12.3. The zero-order valence-corrected chi connectivity index (χ0v) is 28.6. The first-order valence-corrected chi connectivity index (χ1v) is 16.3. The van der Waals surface area contributed by atoms with Gasteiger partial charge in [-0.3, -0.25) is 0 Å². The van der Waals surface area contributed by atoms with Crippen LogP contribution in [0.1, 0.15) is 65.0 Å². The van der Waals surface area contributed by atoms with E-state index in [1.54, 1.807) is 0 Å². The smallest absolute Gasteiger partial charge is 0.169 e. The fraction of sp³-hybridized carbons (Fsp3) is 0.444. The van der Waals surface area contributed by atoms with Crippen molar-refractivity contribution in [2.45, 2.75) is 70.4 Å². The third kappa shape index (κ3) is 5.59. The normalized spacial score (nSPS) is 24.5. The molecule has 0 bridgehead atoms. The van der Waals surface area contributed by atoms with Gasteiger partial charge in [0.25, 0.3) is 0 Å². The highest BCUT2D eigenvalue weighted by molar-refractivity contribution is 6.32. The van der Waals surface area contributed by atoms with E-state index in [9.17, 15) is 0 Å². The van der Waals surface area contributed by atoms with Crippen LogP contribution in [-0.2, 0) is 20.3 Å². The number of halogens is 3. The third-order valence-corrected chi connectivity index (χ3v) is 10.5. The number of anilines is 2. The minimum Gasteiger partial charge on any atom is -0.379 e. The molecule has 1 atom stereocenters. The number of hydrogen-bond donors (Lipinski definition) is 0. The van der Waals surface area contributed by atoms with Crippen LogP contribution in [-0.4, -0.2) is 39.6 Å². The molecule has 2 heterocycles. The molecule has 1 aliphatic carbocycles. The quantitative estimate of drug-likeness (QED) is 0.268. The molecule has 0 amide bonds. The van der Waals surface area contributed by atoms with Crippen LogP contribution in [0.25, 0.3) is 0 Å². The summed E-state index contributed by atoms with van der Waals surface area (Å²) in [6.07, 6.45) is 11.7. The molecule has 2 aromatic rings. The van der Waals surface area contributed by atoms with E-state index < -0.39 is 5.72 Å². The van der Waals surface area contributed by atoms with Crippen LogP contribution >= 0.6 is 34.8 Å². The summed E-state index contributed by atoms with van der Waals surface area (Å²) in [5.41, 5.74) is 6.89. The highest BCUT2D eigenvalue weighted by Gasteiger charge is 2.55. The summed E-state index contributed by atoms with van der Waals surface area (Å²) in [4.78, 5) is 4.48. The van der Waals surface area contributed by atoms with Crippen LogP contribution in [0.3, 0.4) is 0 Å². The van der Waals surface area contributed by atoms with Crippen molar-refractivity contribution >= 4 is 46.2 Å². The van der Waals surface area contributed by atoms with Crippen LogP contribution < -0.4 is 9.80 Å². The zero-order chi connectivity index (χ0) is 31.2. The maximum Gasteiger partial charge on any atom is 0.169 e. The van der Waals surface area contributed by atoms with Crippen LogP contribution in [0.5, 0.6) is 0 Å². The molecule has 0 N–H and O–H groups in total. The molecule has 7 heteroatoms. The first-order chi connectivity index (χ1) is 20.3.